The summed E-state index contributed by atoms with van der Waals surface area (Å²) in [7, 11) is 0. The van der Waals surface area contributed by atoms with Crippen molar-refractivity contribution in [3.63, 3.8) is 0 Å². The minimum Gasteiger partial charge on any atom is -0.373 e. The van der Waals surface area contributed by atoms with E-state index in [-0.39, 0.29) is 23.2 Å². The standard InChI is InChI=1S/C14H11BrClFN2O/c15-9-3-1-4-10(7-9)19-13(20)8-18-14-11(16)5-2-6-12(14)17/h1-7,18H,8H2,(H,19,20). The van der Waals surface area contributed by atoms with Crippen molar-refractivity contribution in [2.24, 2.45) is 0 Å². The van der Waals surface area contributed by atoms with Crippen LogP contribution in [0.15, 0.2) is 46.9 Å². The molecule has 1 amide bonds. The monoisotopic (exact) mass is 356 g/mol. The first-order valence-electron chi connectivity index (χ1n) is 5.79. The maximum atomic E-state index is 13.5. The highest BCUT2D eigenvalue weighted by Crippen LogP contribution is 2.24. The van der Waals surface area contributed by atoms with Gasteiger partial charge >= 0.3 is 0 Å². The number of hydrogen-bond acceptors (Lipinski definition) is 2. The number of para-hydroxylation sites is 1. The van der Waals surface area contributed by atoms with Gasteiger partial charge in [0.25, 0.3) is 0 Å². The number of carbonyl (C=O) groups excluding carboxylic acids is 1. The van der Waals surface area contributed by atoms with E-state index < -0.39 is 5.82 Å². The predicted octanol–water partition coefficient (Wildman–Crippen LogP) is 4.29. The number of rotatable bonds is 4. The summed E-state index contributed by atoms with van der Waals surface area (Å²) in [6, 6.07) is 11.5. The van der Waals surface area contributed by atoms with Crippen LogP contribution < -0.4 is 10.6 Å². The summed E-state index contributed by atoms with van der Waals surface area (Å²) in [5, 5.41) is 5.62. The lowest BCUT2D eigenvalue weighted by molar-refractivity contribution is -0.114. The van der Waals surface area contributed by atoms with Crippen LogP contribution in [0.3, 0.4) is 0 Å². The molecule has 0 aliphatic heterocycles. The fourth-order valence-corrected chi connectivity index (χ4v) is 2.24. The van der Waals surface area contributed by atoms with Gasteiger partial charge in [0.1, 0.15) is 5.82 Å². The van der Waals surface area contributed by atoms with Gasteiger partial charge in [-0.2, -0.15) is 0 Å². The van der Waals surface area contributed by atoms with Gasteiger partial charge in [-0.15, -0.1) is 0 Å². The molecule has 0 saturated heterocycles. The predicted molar refractivity (Wildman–Crippen MR) is 82.7 cm³/mol. The van der Waals surface area contributed by atoms with Crippen LogP contribution in [-0.4, -0.2) is 12.5 Å². The molecule has 2 aromatic rings. The summed E-state index contributed by atoms with van der Waals surface area (Å²) >= 11 is 9.17. The van der Waals surface area contributed by atoms with Gasteiger partial charge in [0, 0.05) is 10.2 Å². The molecule has 0 bridgehead atoms. The molecule has 20 heavy (non-hydrogen) atoms. The molecule has 0 fully saturated rings. The van der Waals surface area contributed by atoms with E-state index in [0.29, 0.717) is 5.69 Å². The van der Waals surface area contributed by atoms with Crippen molar-refractivity contribution < 1.29 is 9.18 Å². The quantitative estimate of drug-likeness (QED) is 0.857. The Hall–Kier alpha value is -1.59. The molecule has 0 saturated carbocycles. The van der Waals surface area contributed by atoms with Gasteiger partial charge in [-0.3, -0.25) is 4.79 Å². The molecule has 6 heteroatoms. The molecule has 0 atom stereocenters. The highest BCUT2D eigenvalue weighted by atomic mass is 79.9. The summed E-state index contributed by atoms with van der Waals surface area (Å²) in [5.41, 5.74) is 0.782. The molecule has 0 unspecified atom stereocenters. The van der Waals surface area contributed by atoms with Crippen molar-refractivity contribution >= 4 is 44.8 Å². The molecule has 0 heterocycles. The van der Waals surface area contributed by atoms with Crippen LogP contribution in [-0.2, 0) is 4.79 Å². The second-order valence-corrected chi connectivity index (χ2v) is 5.33. The van der Waals surface area contributed by atoms with E-state index in [0.717, 1.165) is 4.47 Å². The zero-order valence-corrected chi connectivity index (χ0v) is 12.6. The second kappa shape index (κ2) is 6.72. The number of carbonyl (C=O) groups is 1. The molecule has 2 aromatic carbocycles. The smallest absolute Gasteiger partial charge is 0.243 e. The average molecular weight is 358 g/mol. The first-order valence-corrected chi connectivity index (χ1v) is 6.96. The SMILES string of the molecule is O=C(CNc1c(F)cccc1Cl)Nc1cccc(Br)c1. The zero-order valence-electron chi connectivity index (χ0n) is 10.3. The number of hydrogen-bond donors (Lipinski definition) is 2. The van der Waals surface area contributed by atoms with Crippen molar-refractivity contribution in [1.29, 1.82) is 0 Å². The van der Waals surface area contributed by atoms with Gasteiger partial charge < -0.3 is 10.6 Å². The topological polar surface area (TPSA) is 41.1 Å². The summed E-state index contributed by atoms with van der Waals surface area (Å²) in [5.74, 6) is -0.782. The van der Waals surface area contributed by atoms with Crippen molar-refractivity contribution in [3.8, 4) is 0 Å². The lowest BCUT2D eigenvalue weighted by Gasteiger charge is -2.10. The van der Waals surface area contributed by atoms with Gasteiger partial charge in [0.15, 0.2) is 0 Å². The molecule has 0 radical (unpaired) electrons. The Morgan fingerprint density at radius 1 is 1.25 bits per heavy atom. The summed E-state index contributed by atoms with van der Waals surface area (Å²) < 4.78 is 14.4. The molecule has 0 spiro atoms. The number of anilines is 2. The minimum absolute atomic E-state index is 0.0762. The second-order valence-electron chi connectivity index (χ2n) is 4.01. The van der Waals surface area contributed by atoms with Crippen LogP contribution >= 0.6 is 27.5 Å². The normalized spacial score (nSPS) is 10.2. The molecular formula is C14H11BrClFN2O. The fraction of sp³-hybridized carbons (Fsp3) is 0.0714. The van der Waals surface area contributed by atoms with Gasteiger partial charge in [0.2, 0.25) is 5.91 Å². The molecule has 2 rings (SSSR count). The third-order valence-corrected chi connectivity index (χ3v) is 3.31. The van der Waals surface area contributed by atoms with Gasteiger partial charge in [-0.05, 0) is 30.3 Å². The van der Waals surface area contributed by atoms with Crippen molar-refractivity contribution in [2.45, 2.75) is 0 Å². The largest absolute Gasteiger partial charge is 0.373 e. The Morgan fingerprint density at radius 2 is 2.00 bits per heavy atom. The number of amides is 1. The first-order chi connectivity index (χ1) is 9.56. The lowest BCUT2D eigenvalue weighted by atomic mass is 10.3. The Morgan fingerprint density at radius 3 is 2.70 bits per heavy atom. The van der Waals surface area contributed by atoms with Crippen LogP contribution in [0.2, 0.25) is 5.02 Å². The molecular weight excluding hydrogens is 347 g/mol. The van der Waals surface area contributed by atoms with Crippen LogP contribution in [0.4, 0.5) is 15.8 Å². The highest BCUT2D eigenvalue weighted by molar-refractivity contribution is 9.10. The zero-order chi connectivity index (χ0) is 14.5. The molecule has 0 aliphatic carbocycles. The number of benzene rings is 2. The van der Waals surface area contributed by atoms with E-state index in [9.17, 15) is 9.18 Å². The summed E-state index contributed by atoms with van der Waals surface area (Å²) in [4.78, 5) is 11.8. The maximum absolute atomic E-state index is 13.5. The molecule has 0 aromatic heterocycles. The summed E-state index contributed by atoms with van der Waals surface area (Å²) in [6.45, 7) is -0.0762. The Balaban J connectivity index is 1.96. The Labute approximate surface area is 129 Å². The average Bonchev–Trinajstić information content (AvgIpc) is 2.38. The van der Waals surface area contributed by atoms with Gasteiger partial charge in [0.05, 0.1) is 17.3 Å². The molecule has 0 aliphatic rings. The molecule has 2 N–H and O–H groups in total. The number of halogens is 3. The van der Waals surface area contributed by atoms with E-state index in [1.54, 1.807) is 24.3 Å². The summed E-state index contributed by atoms with van der Waals surface area (Å²) in [6.07, 6.45) is 0. The van der Waals surface area contributed by atoms with Crippen LogP contribution in [0.1, 0.15) is 0 Å². The van der Waals surface area contributed by atoms with E-state index in [1.807, 2.05) is 6.07 Å². The minimum atomic E-state index is -0.493. The highest BCUT2D eigenvalue weighted by Gasteiger charge is 2.08. The third-order valence-electron chi connectivity index (χ3n) is 2.50. The van der Waals surface area contributed by atoms with Crippen molar-refractivity contribution in [2.75, 3.05) is 17.2 Å². The fourth-order valence-electron chi connectivity index (χ4n) is 1.61. The van der Waals surface area contributed by atoms with Crippen molar-refractivity contribution in [1.82, 2.24) is 0 Å². The van der Waals surface area contributed by atoms with Crippen LogP contribution in [0.25, 0.3) is 0 Å². The number of nitrogens with one attached hydrogen (secondary N) is 2. The van der Waals surface area contributed by atoms with Gasteiger partial charge in [-0.1, -0.05) is 39.7 Å². The first kappa shape index (κ1) is 14.8. The van der Waals surface area contributed by atoms with Crippen molar-refractivity contribution in [3.05, 3.63) is 57.8 Å². The van der Waals surface area contributed by atoms with E-state index in [4.69, 9.17) is 11.6 Å². The molecule has 104 valence electrons. The third kappa shape index (κ3) is 3.95. The van der Waals surface area contributed by atoms with E-state index in [1.165, 1.54) is 12.1 Å². The Kier molecular flexibility index (Phi) is 4.98. The maximum Gasteiger partial charge on any atom is 0.243 e. The lowest BCUT2D eigenvalue weighted by Crippen LogP contribution is -2.22. The van der Waals surface area contributed by atoms with Crippen LogP contribution in [0, 0.1) is 5.82 Å². The van der Waals surface area contributed by atoms with Gasteiger partial charge in [-0.25, -0.2) is 4.39 Å². The Bertz CT molecular complexity index is 616. The van der Waals surface area contributed by atoms with E-state index in [2.05, 4.69) is 26.6 Å². The van der Waals surface area contributed by atoms with Crippen LogP contribution in [0.5, 0.6) is 0 Å². The van der Waals surface area contributed by atoms with E-state index >= 15 is 0 Å². The molecule has 3 nitrogen and oxygen atoms in total.